The summed E-state index contributed by atoms with van der Waals surface area (Å²) >= 11 is 6.23. The van der Waals surface area contributed by atoms with Crippen molar-refractivity contribution in [3.05, 3.63) is 65.7 Å². The van der Waals surface area contributed by atoms with Crippen LogP contribution < -0.4 is 10.1 Å². The van der Waals surface area contributed by atoms with Gasteiger partial charge < -0.3 is 10.1 Å². The van der Waals surface area contributed by atoms with Crippen LogP contribution in [-0.4, -0.2) is 28.6 Å². The van der Waals surface area contributed by atoms with Crippen LogP contribution in [0, 0.1) is 11.3 Å². The molecule has 5 nitrogen and oxygen atoms in total. The van der Waals surface area contributed by atoms with Gasteiger partial charge in [0.1, 0.15) is 11.4 Å². The zero-order chi connectivity index (χ0) is 22.9. The Morgan fingerprint density at radius 1 is 1.22 bits per heavy atom. The van der Waals surface area contributed by atoms with Crippen LogP contribution in [0.4, 0.5) is 0 Å². The number of benzene rings is 2. The normalized spacial score (nSPS) is 20.0. The third-order valence-corrected chi connectivity index (χ3v) is 6.43. The number of carbonyl (C=O) groups excluding carboxylic acids is 1. The number of hydrogen-bond donors (Lipinski definition) is 1. The van der Waals surface area contributed by atoms with Gasteiger partial charge in [-0.3, -0.25) is 9.36 Å². The van der Waals surface area contributed by atoms with Gasteiger partial charge in [-0.2, -0.15) is 0 Å². The van der Waals surface area contributed by atoms with Gasteiger partial charge in [-0.25, -0.2) is 4.98 Å². The monoisotopic (exact) mass is 451 g/mol. The topological polar surface area (TPSA) is 56.2 Å². The first-order chi connectivity index (χ1) is 15.3. The molecule has 1 saturated carbocycles. The molecule has 0 saturated heterocycles. The first-order valence-corrected chi connectivity index (χ1v) is 11.4. The van der Waals surface area contributed by atoms with Gasteiger partial charge in [0.15, 0.2) is 0 Å². The molecule has 6 heteroatoms. The van der Waals surface area contributed by atoms with Crippen LogP contribution in [-0.2, 0) is 0 Å². The number of hydrogen-bond acceptors (Lipinski definition) is 3. The number of aromatic nitrogens is 2. The molecular weight excluding hydrogens is 422 g/mol. The number of amides is 1. The number of carbonyl (C=O) groups is 1. The summed E-state index contributed by atoms with van der Waals surface area (Å²) in [6, 6.07) is 13.6. The van der Waals surface area contributed by atoms with Crippen molar-refractivity contribution >= 4 is 17.5 Å². The SMILES string of the molecule is COc1ccc(Cl)cc1-c1cccc(-n2cncc2C(=O)NC2CC(C)CC(C)(C)C2)c1. The molecule has 3 aromatic rings. The summed E-state index contributed by atoms with van der Waals surface area (Å²) in [5.41, 5.74) is 3.46. The van der Waals surface area contributed by atoms with E-state index in [4.69, 9.17) is 16.3 Å². The van der Waals surface area contributed by atoms with Gasteiger partial charge in [-0.1, -0.05) is 44.5 Å². The van der Waals surface area contributed by atoms with Crippen molar-refractivity contribution in [2.45, 2.75) is 46.1 Å². The summed E-state index contributed by atoms with van der Waals surface area (Å²) in [7, 11) is 1.64. The Hall–Kier alpha value is -2.79. The second-order valence-corrected chi connectivity index (χ2v) is 10.1. The van der Waals surface area contributed by atoms with Crippen molar-refractivity contribution in [2.24, 2.45) is 11.3 Å². The zero-order valence-corrected chi connectivity index (χ0v) is 19.8. The highest BCUT2D eigenvalue weighted by Gasteiger charge is 2.33. The maximum atomic E-state index is 13.2. The van der Waals surface area contributed by atoms with Crippen molar-refractivity contribution in [3.8, 4) is 22.6 Å². The third-order valence-electron chi connectivity index (χ3n) is 6.19. The minimum atomic E-state index is -0.0943. The first kappa shape index (κ1) is 22.4. The van der Waals surface area contributed by atoms with Crippen LogP contribution in [0.25, 0.3) is 16.8 Å². The lowest BCUT2D eigenvalue weighted by molar-refractivity contribution is 0.0867. The third kappa shape index (κ3) is 4.83. The molecule has 1 fully saturated rings. The second-order valence-electron chi connectivity index (χ2n) is 9.63. The molecule has 1 aliphatic rings. The predicted octanol–water partition coefficient (Wildman–Crippen LogP) is 6.15. The molecule has 1 aliphatic carbocycles. The smallest absolute Gasteiger partial charge is 0.270 e. The van der Waals surface area contributed by atoms with E-state index in [1.54, 1.807) is 25.7 Å². The Labute approximate surface area is 194 Å². The minimum Gasteiger partial charge on any atom is -0.496 e. The van der Waals surface area contributed by atoms with Crippen LogP contribution in [0.5, 0.6) is 5.75 Å². The molecular formula is C26H30ClN3O2. The first-order valence-electron chi connectivity index (χ1n) is 11.0. The van der Waals surface area contributed by atoms with Crippen molar-refractivity contribution in [3.63, 3.8) is 0 Å². The van der Waals surface area contributed by atoms with Crippen LogP contribution in [0.3, 0.4) is 0 Å². The van der Waals surface area contributed by atoms with E-state index in [0.29, 0.717) is 16.6 Å². The number of nitrogens with zero attached hydrogens (tertiary/aromatic N) is 2. The fraction of sp³-hybridized carbons (Fsp3) is 0.385. The molecule has 1 N–H and O–H groups in total. The molecule has 1 aromatic heterocycles. The van der Waals surface area contributed by atoms with Gasteiger partial charge >= 0.3 is 0 Å². The molecule has 2 unspecified atom stereocenters. The highest BCUT2D eigenvalue weighted by Crippen LogP contribution is 2.38. The van der Waals surface area contributed by atoms with E-state index in [1.807, 2.05) is 41.0 Å². The van der Waals surface area contributed by atoms with Crippen molar-refractivity contribution in [1.29, 1.82) is 0 Å². The van der Waals surface area contributed by atoms with Crippen molar-refractivity contribution < 1.29 is 9.53 Å². The van der Waals surface area contributed by atoms with E-state index in [0.717, 1.165) is 35.4 Å². The molecule has 0 spiro atoms. The number of halogens is 1. The van der Waals surface area contributed by atoms with E-state index >= 15 is 0 Å². The maximum absolute atomic E-state index is 13.2. The number of imidazole rings is 1. The summed E-state index contributed by atoms with van der Waals surface area (Å²) in [4.78, 5) is 17.4. The van der Waals surface area contributed by atoms with Crippen molar-refractivity contribution in [1.82, 2.24) is 14.9 Å². The molecule has 0 aliphatic heterocycles. The summed E-state index contributed by atoms with van der Waals surface area (Å²) in [5.74, 6) is 1.24. The van der Waals surface area contributed by atoms with Crippen LogP contribution in [0.2, 0.25) is 5.02 Å². The van der Waals surface area contributed by atoms with E-state index in [-0.39, 0.29) is 17.4 Å². The Morgan fingerprint density at radius 2 is 2.03 bits per heavy atom. The van der Waals surface area contributed by atoms with Gasteiger partial charge in [0.05, 0.1) is 19.6 Å². The summed E-state index contributed by atoms with van der Waals surface area (Å²) in [5, 5.41) is 3.89. The quantitative estimate of drug-likeness (QED) is 0.506. The van der Waals surface area contributed by atoms with Gasteiger partial charge in [-0.15, -0.1) is 0 Å². The molecule has 0 radical (unpaired) electrons. The average molecular weight is 452 g/mol. The molecule has 168 valence electrons. The highest BCUT2D eigenvalue weighted by molar-refractivity contribution is 6.31. The lowest BCUT2D eigenvalue weighted by atomic mass is 9.70. The van der Waals surface area contributed by atoms with Crippen molar-refractivity contribution in [2.75, 3.05) is 7.11 Å². The van der Waals surface area contributed by atoms with Crippen LogP contribution in [0.15, 0.2) is 55.0 Å². The molecule has 1 amide bonds. The van der Waals surface area contributed by atoms with Gasteiger partial charge in [0.25, 0.3) is 5.91 Å². The van der Waals surface area contributed by atoms with E-state index in [1.165, 1.54) is 6.42 Å². The zero-order valence-electron chi connectivity index (χ0n) is 19.1. The molecule has 4 rings (SSSR count). The van der Waals surface area contributed by atoms with Gasteiger partial charge in [-0.05, 0) is 66.5 Å². The minimum absolute atomic E-state index is 0.0943. The number of methoxy groups -OCH3 is 1. The molecule has 0 bridgehead atoms. The van der Waals surface area contributed by atoms with Gasteiger partial charge in [0.2, 0.25) is 0 Å². The highest BCUT2D eigenvalue weighted by atomic mass is 35.5. The van der Waals surface area contributed by atoms with Gasteiger partial charge in [0, 0.05) is 22.3 Å². The Kier molecular flexibility index (Phi) is 6.29. The Morgan fingerprint density at radius 3 is 2.78 bits per heavy atom. The average Bonchev–Trinajstić information content (AvgIpc) is 3.22. The van der Waals surface area contributed by atoms with E-state index in [2.05, 4.69) is 31.1 Å². The number of ether oxygens (including phenoxy) is 1. The predicted molar refractivity (Wildman–Crippen MR) is 129 cm³/mol. The largest absolute Gasteiger partial charge is 0.496 e. The van der Waals surface area contributed by atoms with E-state index in [9.17, 15) is 4.79 Å². The summed E-state index contributed by atoms with van der Waals surface area (Å²) < 4.78 is 7.34. The standard InChI is InChI=1S/C26H30ClN3O2/c1-17-10-20(14-26(2,3)13-17)29-25(31)23-15-28-16-30(23)21-7-5-6-18(11-21)22-12-19(27)8-9-24(22)32-4/h5-9,11-12,15-17,20H,10,13-14H2,1-4H3,(H,29,31). The summed E-state index contributed by atoms with van der Waals surface area (Å²) in [6.45, 7) is 6.82. The second kappa shape index (κ2) is 8.99. The van der Waals surface area contributed by atoms with Crippen LogP contribution in [0.1, 0.15) is 50.5 Å². The Balaban J connectivity index is 1.61. The number of nitrogens with one attached hydrogen (secondary N) is 1. The summed E-state index contributed by atoms with van der Waals surface area (Å²) in [6.07, 6.45) is 6.49. The maximum Gasteiger partial charge on any atom is 0.270 e. The van der Waals surface area contributed by atoms with E-state index < -0.39 is 0 Å². The molecule has 32 heavy (non-hydrogen) atoms. The fourth-order valence-corrected chi connectivity index (χ4v) is 5.29. The number of rotatable bonds is 5. The van der Waals surface area contributed by atoms with Crippen LogP contribution >= 0.6 is 11.6 Å². The molecule has 2 aromatic carbocycles. The lowest BCUT2D eigenvalue weighted by Crippen LogP contribution is -2.43. The molecule has 2 atom stereocenters. The Bertz CT molecular complexity index is 1120. The molecule has 1 heterocycles. The lowest BCUT2D eigenvalue weighted by Gasteiger charge is -2.39. The fourth-order valence-electron chi connectivity index (χ4n) is 5.11.